The van der Waals surface area contributed by atoms with E-state index in [4.69, 9.17) is 4.74 Å². The predicted molar refractivity (Wildman–Crippen MR) is 111 cm³/mol. The molecule has 6 rings (SSSR count). The highest BCUT2D eigenvalue weighted by Crippen LogP contribution is 2.54. The summed E-state index contributed by atoms with van der Waals surface area (Å²) >= 11 is 1.77. The van der Waals surface area contributed by atoms with Gasteiger partial charge in [-0.15, -0.1) is 0 Å². The van der Waals surface area contributed by atoms with Gasteiger partial charge in [0.15, 0.2) is 0 Å². The Morgan fingerprint density at radius 1 is 0.889 bits per heavy atom. The van der Waals surface area contributed by atoms with Crippen LogP contribution in [0.4, 0.5) is 0 Å². The molecule has 4 atom stereocenters. The summed E-state index contributed by atoms with van der Waals surface area (Å²) < 4.78 is 6.40. The number of ether oxygens (including phenoxy) is 1. The molecule has 2 nitrogen and oxygen atoms in total. The van der Waals surface area contributed by atoms with Gasteiger partial charge in [0.05, 0.1) is 0 Å². The van der Waals surface area contributed by atoms with Gasteiger partial charge in [0.25, 0.3) is 0 Å². The third-order valence-corrected chi connectivity index (χ3v) is 7.44. The van der Waals surface area contributed by atoms with Crippen LogP contribution in [0.15, 0.2) is 59.3 Å². The second-order valence-corrected chi connectivity index (χ2v) is 8.92. The lowest BCUT2D eigenvalue weighted by Gasteiger charge is -2.40. The first-order valence-corrected chi connectivity index (χ1v) is 11.0. The average Bonchev–Trinajstić information content (AvgIpc) is 3.37. The minimum absolute atomic E-state index is 0.401. The molecule has 0 spiro atoms. The average molecular weight is 374 g/mol. The molecule has 136 valence electrons. The number of nitrogens with one attached hydrogen (secondary N) is 1. The van der Waals surface area contributed by atoms with E-state index in [1.807, 2.05) is 0 Å². The van der Waals surface area contributed by atoms with E-state index >= 15 is 0 Å². The van der Waals surface area contributed by atoms with Gasteiger partial charge < -0.3 is 10.1 Å². The fraction of sp³-hybridized carbons (Fsp3) is 0.333. The molecule has 2 saturated heterocycles. The molecule has 3 aliphatic heterocycles. The molecular weight excluding hydrogens is 350 g/mol. The maximum Gasteiger partial charge on any atom is 0.131 e. The quantitative estimate of drug-likeness (QED) is 0.579. The van der Waals surface area contributed by atoms with Gasteiger partial charge in [-0.2, -0.15) is 11.3 Å². The molecule has 2 fully saturated rings. The third kappa shape index (κ3) is 2.49. The Morgan fingerprint density at radius 2 is 1.78 bits per heavy atom. The SMILES string of the molecule is c1ccc2c(c1)Oc1cccc(-c3ccsc3)c1C2C1CCC2CC[C@@H]1N2. The molecule has 0 saturated carbocycles. The number of piperidine rings is 1. The maximum absolute atomic E-state index is 6.40. The van der Waals surface area contributed by atoms with Crippen molar-refractivity contribution in [2.75, 3.05) is 0 Å². The van der Waals surface area contributed by atoms with E-state index in [-0.39, 0.29) is 0 Å². The minimum Gasteiger partial charge on any atom is -0.457 e. The molecule has 0 radical (unpaired) electrons. The lowest BCUT2D eigenvalue weighted by molar-refractivity contribution is 0.257. The lowest BCUT2D eigenvalue weighted by Crippen LogP contribution is -2.43. The van der Waals surface area contributed by atoms with Crippen LogP contribution in [0.5, 0.6) is 11.5 Å². The summed E-state index contributed by atoms with van der Waals surface area (Å²) in [5.41, 5.74) is 5.42. The van der Waals surface area contributed by atoms with Gasteiger partial charge in [0.2, 0.25) is 0 Å². The smallest absolute Gasteiger partial charge is 0.131 e. The highest BCUT2D eigenvalue weighted by Gasteiger charge is 2.43. The van der Waals surface area contributed by atoms with Crippen LogP contribution in [0.2, 0.25) is 0 Å². The Hall–Kier alpha value is -2.10. The van der Waals surface area contributed by atoms with Crippen molar-refractivity contribution in [2.24, 2.45) is 5.92 Å². The molecule has 3 aliphatic rings. The Balaban J connectivity index is 1.56. The summed E-state index contributed by atoms with van der Waals surface area (Å²) in [4.78, 5) is 0. The van der Waals surface area contributed by atoms with Gasteiger partial charge in [-0.25, -0.2) is 0 Å². The molecular formula is C24H23NOS. The van der Waals surface area contributed by atoms with Crippen molar-refractivity contribution in [3.63, 3.8) is 0 Å². The topological polar surface area (TPSA) is 21.3 Å². The first kappa shape index (κ1) is 15.9. The Labute approximate surface area is 164 Å². The number of hydrogen-bond acceptors (Lipinski definition) is 3. The Morgan fingerprint density at radius 3 is 2.70 bits per heavy atom. The molecule has 27 heavy (non-hydrogen) atoms. The Bertz CT molecular complexity index is 980. The van der Waals surface area contributed by atoms with E-state index in [0.29, 0.717) is 17.9 Å². The van der Waals surface area contributed by atoms with E-state index in [2.05, 4.69) is 64.6 Å². The number of benzene rings is 2. The number of fused-ring (bicyclic) bond motifs is 4. The highest BCUT2D eigenvalue weighted by molar-refractivity contribution is 7.08. The number of para-hydroxylation sites is 1. The van der Waals surface area contributed by atoms with Gasteiger partial charge in [0, 0.05) is 29.1 Å². The van der Waals surface area contributed by atoms with Gasteiger partial charge >= 0.3 is 0 Å². The first-order chi connectivity index (χ1) is 13.4. The molecule has 0 aliphatic carbocycles. The van der Waals surface area contributed by atoms with Crippen LogP contribution in [-0.4, -0.2) is 12.1 Å². The van der Waals surface area contributed by atoms with Crippen molar-refractivity contribution in [3.8, 4) is 22.6 Å². The van der Waals surface area contributed by atoms with E-state index in [1.165, 1.54) is 47.9 Å². The molecule has 4 heterocycles. The van der Waals surface area contributed by atoms with Crippen molar-refractivity contribution in [1.29, 1.82) is 0 Å². The lowest BCUT2D eigenvalue weighted by atomic mass is 9.71. The van der Waals surface area contributed by atoms with E-state index in [1.54, 1.807) is 11.3 Å². The zero-order valence-electron chi connectivity index (χ0n) is 15.2. The van der Waals surface area contributed by atoms with Gasteiger partial charge in [-0.1, -0.05) is 30.3 Å². The van der Waals surface area contributed by atoms with Crippen LogP contribution in [-0.2, 0) is 0 Å². The highest BCUT2D eigenvalue weighted by atomic mass is 32.1. The molecule has 3 unspecified atom stereocenters. The number of hydrogen-bond donors (Lipinski definition) is 1. The normalized spacial score (nSPS) is 28.3. The molecule has 2 aromatic carbocycles. The van der Waals surface area contributed by atoms with Crippen LogP contribution in [0.1, 0.15) is 42.7 Å². The van der Waals surface area contributed by atoms with Crippen LogP contribution in [0, 0.1) is 5.92 Å². The second-order valence-electron chi connectivity index (χ2n) is 8.14. The maximum atomic E-state index is 6.40. The number of thiophene rings is 1. The predicted octanol–water partition coefficient (Wildman–Crippen LogP) is 6.18. The second kappa shape index (κ2) is 6.22. The van der Waals surface area contributed by atoms with Crippen molar-refractivity contribution >= 4 is 11.3 Å². The first-order valence-electron chi connectivity index (χ1n) is 10.1. The standard InChI is InChI=1S/C24H23NOS/c1-2-6-21-19(4-1)23(18-10-8-16-9-11-20(18)25-16)24-17(15-12-13-27-14-15)5-3-7-22(24)26-21/h1-7,12-14,16,18,20,23,25H,8-11H2/t16?,18?,20-,23?/m0/s1. The summed E-state index contributed by atoms with van der Waals surface area (Å²) in [6.07, 6.45) is 5.26. The van der Waals surface area contributed by atoms with E-state index in [9.17, 15) is 0 Å². The van der Waals surface area contributed by atoms with Gasteiger partial charge in [0.1, 0.15) is 11.5 Å². The van der Waals surface area contributed by atoms with E-state index in [0.717, 1.165) is 17.5 Å². The molecule has 1 aromatic heterocycles. The van der Waals surface area contributed by atoms with Gasteiger partial charge in [-0.3, -0.25) is 0 Å². The van der Waals surface area contributed by atoms with Crippen LogP contribution in [0.25, 0.3) is 11.1 Å². The summed E-state index contributed by atoms with van der Waals surface area (Å²) in [5.74, 6) is 3.12. The molecule has 2 bridgehead atoms. The molecule has 3 heteroatoms. The monoisotopic (exact) mass is 373 g/mol. The molecule has 3 aromatic rings. The van der Waals surface area contributed by atoms with Crippen molar-refractivity contribution in [3.05, 3.63) is 70.4 Å². The van der Waals surface area contributed by atoms with Crippen molar-refractivity contribution in [1.82, 2.24) is 5.32 Å². The van der Waals surface area contributed by atoms with Gasteiger partial charge in [-0.05, 0) is 71.7 Å². The molecule has 1 N–H and O–H groups in total. The zero-order chi connectivity index (χ0) is 17.8. The van der Waals surface area contributed by atoms with Crippen molar-refractivity contribution in [2.45, 2.75) is 43.7 Å². The van der Waals surface area contributed by atoms with Crippen LogP contribution in [0.3, 0.4) is 0 Å². The molecule has 0 amide bonds. The Kier molecular flexibility index (Phi) is 3.66. The summed E-state index contributed by atoms with van der Waals surface area (Å²) in [5, 5.41) is 8.35. The summed E-state index contributed by atoms with van der Waals surface area (Å²) in [7, 11) is 0. The zero-order valence-corrected chi connectivity index (χ0v) is 16.0. The summed E-state index contributed by atoms with van der Waals surface area (Å²) in [6, 6.07) is 18.9. The van der Waals surface area contributed by atoms with E-state index < -0.39 is 0 Å². The fourth-order valence-electron chi connectivity index (χ4n) is 5.58. The third-order valence-electron chi connectivity index (χ3n) is 6.75. The summed E-state index contributed by atoms with van der Waals surface area (Å²) in [6.45, 7) is 0. The van der Waals surface area contributed by atoms with Crippen LogP contribution >= 0.6 is 11.3 Å². The largest absolute Gasteiger partial charge is 0.457 e. The van der Waals surface area contributed by atoms with Crippen molar-refractivity contribution < 1.29 is 4.74 Å². The number of rotatable bonds is 2. The fourth-order valence-corrected chi connectivity index (χ4v) is 6.24. The minimum atomic E-state index is 0.401. The van der Waals surface area contributed by atoms with Crippen LogP contribution < -0.4 is 10.1 Å².